The second-order valence-electron chi connectivity index (χ2n) is 2.94. The van der Waals surface area contributed by atoms with Gasteiger partial charge < -0.3 is 4.57 Å². The van der Waals surface area contributed by atoms with Crippen molar-refractivity contribution in [1.82, 2.24) is 14.9 Å². The Morgan fingerprint density at radius 2 is 2.54 bits per heavy atom. The molecule has 1 aromatic heterocycles. The van der Waals surface area contributed by atoms with Gasteiger partial charge in [-0.1, -0.05) is 5.92 Å². The van der Waals surface area contributed by atoms with Crippen LogP contribution in [0.15, 0.2) is 12.5 Å². The maximum absolute atomic E-state index is 5.25. The Labute approximate surface area is 79.2 Å². The van der Waals surface area contributed by atoms with Crippen molar-refractivity contribution in [2.45, 2.75) is 33.0 Å². The van der Waals surface area contributed by atoms with Gasteiger partial charge in [-0.05, 0) is 13.8 Å². The number of hydrogen-bond donors (Lipinski definition) is 1. The van der Waals surface area contributed by atoms with Crippen molar-refractivity contribution in [1.29, 1.82) is 0 Å². The van der Waals surface area contributed by atoms with E-state index in [-0.39, 0.29) is 6.04 Å². The van der Waals surface area contributed by atoms with Crippen molar-refractivity contribution in [3.8, 4) is 12.3 Å². The topological polar surface area (TPSA) is 29.9 Å². The predicted octanol–water partition coefficient (Wildman–Crippen LogP) is 1.01. The van der Waals surface area contributed by atoms with Crippen LogP contribution in [0.1, 0.15) is 19.5 Å². The summed E-state index contributed by atoms with van der Waals surface area (Å²) in [4.78, 5) is 4.07. The molecule has 0 bridgehead atoms. The van der Waals surface area contributed by atoms with Gasteiger partial charge in [-0.15, -0.1) is 6.42 Å². The zero-order valence-corrected chi connectivity index (χ0v) is 8.12. The minimum Gasteiger partial charge on any atom is -0.334 e. The second-order valence-corrected chi connectivity index (χ2v) is 2.94. The van der Waals surface area contributed by atoms with E-state index in [2.05, 4.69) is 27.7 Å². The summed E-state index contributed by atoms with van der Waals surface area (Å²) in [6.07, 6.45) is 8.94. The maximum atomic E-state index is 5.25. The lowest BCUT2D eigenvalue weighted by atomic mass is 10.3. The first kappa shape index (κ1) is 9.82. The Balaban J connectivity index is 2.50. The summed E-state index contributed by atoms with van der Waals surface area (Å²) in [5.74, 6) is 2.62. The normalized spacial score (nSPS) is 12.4. The van der Waals surface area contributed by atoms with Gasteiger partial charge in [0.05, 0.1) is 18.1 Å². The maximum Gasteiger partial charge on any atom is 0.0948 e. The van der Waals surface area contributed by atoms with Crippen molar-refractivity contribution in [2.24, 2.45) is 0 Å². The average molecular weight is 177 g/mol. The van der Waals surface area contributed by atoms with Gasteiger partial charge >= 0.3 is 0 Å². The van der Waals surface area contributed by atoms with Gasteiger partial charge in [0.15, 0.2) is 0 Å². The van der Waals surface area contributed by atoms with Gasteiger partial charge in [0.1, 0.15) is 0 Å². The Morgan fingerprint density at radius 1 is 1.77 bits per heavy atom. The van der Waals surface area contributed by atoms with Crippen LogP contribution in [-0.2, 0) is 13.1 Å². The van der Waals surface area contributed by atoms with Crippen LogP contribution in [0.25, 0.3) is 0 Å². The summed E-state index contributed by atoms with van der Waals surface area (Å²) >= 11 is 0. The van der Waals surface area contributed by atoms with Crippen LogP contribution >= 0.6 is 0 Å². The molecule has 0 aromatic carbocycles. The summed E-state index contributed by atoms with van der Waals surface area (Å²) in [5.41, 5.74) is 1.17. The summed E-state index contributed by atoms with van der Waals surface area (Å²) in [6.45, 7) is 5.78. The molecule has 1 unspecified atom stereocenters. The summed E-state index contributed by atoms with van der Waals surface area (Å²) in [5, 5.41) is 3.21. The first-order chi connectivity index (χ1) is 6.27. The van der Waals surface area contributed by atoms with Gasteiger partial charge in [0, 0.05) is 19.3 Å². The molecule has 3 nitrogen and oxygen atoms in total. The molecule has 1 N–H and O–H groups in total. The highest BCUT2D eigenvalue weighted by Crippen LogP contribution is 1.98. The SMILES string of the molecule is C#CC(C)NCc1cncn1CC. The lowest BCUT2D eigenvalue weighted by Crippen LogP contribution is -2.24. The molecule has 0 radical (unpaired) electrons. The van der Waals surface area contributed by atoms with E-state index in [0.29, 0.717) is 0 Å². The number of aryl methyl sites for hydroxylation is 1. The highest BCUT2D eigenvalue weighted by molar-refractivity contribution is 5.01. The zero-order valence-electron chi connectivity index (χ0n) is 8.12. The molecule has 1 rings (SSSR count). The molecule has 3 heteroatoms. The van der Waals surface area contributed by atoms with Crippen LogP contribution < -0.4 is 5.32 Å². The summed E-state index contributed by atoms with van der Waals surface area (Å²) in [6, 6.07) is 0.111. The minimum absolute atomic E-state index is 0.111. The van der Waals surface area contributed by atoms with E-state index in [9.17, 15) is 0 Å². The molecule has 0 saturated carbocycles. The van der Waals surface area contributed by atoms with E-state index in [4.69, 9.17) is 6.42 Å². The number of hydrogen-bond acceptors (Lipinski definition) is 2. The Kier molecular flexibility index (Phi) is 3.53. The Hall–Kier alpha value is -1.27. The third kappa shape index (κ3) is 2.60. The average Bonchev–Trinajstić information content (AvgIpc) is 2.61. The molecule has 0 saturated heterocycles. The van der Waals surface area contributed by atoms with Crippen molar-refractivity contribution >= 4 is 0 Å². The quantitative estimate of drug-likeness (QED) is 0.696. The molecular formula is C10H15N3. The minimum atomic E-state index is 0.111. The highest BCUT2D eigenvalue weighted by Gasteiger charge is 2.01. The monoisotopic (exact) mass is 177 g/mol. The highest BCUT2D eigenvalue weighted by atomic mass is 15.1. The lowest BCUT2D eigenvalue weighted by molar-refractivity contribution is 0.603. The standard InChI is InChI=1S/C10H15N3/c1-4-9(3)12-7-10-6-11-8-13(10)5-2/h1,6,8-9,12H,5,7H2,2-3H3. The van der Waals surface area contributed by atoms with Crippen LogP contribution in [0.4, 0.5) is 0 Å². The number of rotatable bonds is 4. The van der Waals surface area contributed by atoms with Crippen molar-refractivity contribution < 1.29 is 0 Å². The van der Waals surface area contributed by atoms with Crippen molar-refractivity contribution in [2.75, 3.05) is 0 Å². The van der Waals surface area contributed by atoms with E-state index in [1.54, 1.807) is 0 Å². The number of nitrogens with zero attached hydrogens (tertiary/aromatic N) is 2. The molecule has 70 valence electrons. The van der Waals surface area contributed by atoms with Gasteiger partial charge in [0.2, 0.25) is 0 Å². The van der Waals surface area contributed by atoms with Gasteiger partial charge in [-0.25, -0.2) is 4.98 Å². The molecule has 0 fully saturated rings. The zero-order chi connectivity index (χ0) is 9.68. The number of aromatic nitrogens is 2. The molecule has 0 aliphatic carbocycles. The molecule has 1 heterocycles. The second kappa shape index (κ2) is 4.68. The molecule has 1 aromatic rings. The van der Waals surface area contributed by atoms with E-state index < -0.39 is 0 Å². The van der Waals surface area contributed by atoms with E-state index >= 15 is 0 Å². The van der Waals surface area contributed by atoms with Crippen LogP contribution in [0.5, 0.6) is 0 Å². The van der Waals surface area contributed by atoms with E-state index in [0.717, 1.165) is 13.1 Å². The third-order valence-electron chi connectivity index (χ3n) is 1.98. The first-order valence-corrected chi connectivity index (χ1v) is 4.46. The number of imidazole rings is 1. The summed E-state index contributed by atoms with van der Waals surface area (Å²) in [7, 11) is 0. The lowest BCUT2D eigenvalue weighted by Gasteiger charge is -2.08. The Morgan fingerprint density at radius 3 is 3.15 bits per heavy atom. The van der Waals surface area contributed by atoms with E-state index in [1.165, 1.54) is 5.69 Å². The number of nitrogens with one attached hydrogen (secondary N) is 1. The fourth-order valence-electron chi connectivity index (χ4n) is 1.10. The number of terminal acetylenes is 1. The molecule has 0 spiro atoms. The van der Waals surface area contributed by atoms with Crippen molar-refractivity contribution in [3.63, 3.8) is 0 Å². The summed E-state index contributed by atoms with van der Waals surface area (Å²) < 4.78 is 2.09. The molecule has 1 atom stereocenters. The van der Waals surface area contributed by atoms with Gasteiger partial charge in [-0.2, -0.15) is 0 Å². The predicted molar refractivity (Wildman–Crippen MR) is 53.0 cm³/mol. The molecule has 13 heavy (non-hydrogen) atoms. The van der Waals surface area contributed by atoms with Gasteiger partial charge in [-0.3, -0.25) is 5.32 Å². The molecule has 0 aliphatic heterocycles. The largest absolute Gasteiger partial charge is 0.334 e. The first-order valence-electron chi connectivity index (χ1n) is 4.46. The fourth-order valence-corrected chi connectivity index (χ4v) is 1.10. The van der Waals surface area contributed by atoms with E-state index in [1.807, 2.05) is 19.4 Å². The van der Waals surface area contributed by atoms with Crippen LogP contribution in [0.3, 0.4) is 0 Å². The molecular weight excluding hydrogens is 162 g/mol. The third-order valence-corrected chi connectivity index (χ3v) is 1.98. The Bertz CT molecular complexity index is 295. The van der Waals surface area contributed by atoms with Crippen molar-refractivity contribution in [3.05, 3.63) is 18.2 Å². The fraction of sp³-hybridized carbons (Fsp3) is 0.500. The smallest absolute Gasteiger partial charge is 0.0948 e. The van der Waals surface area contributed by atoms with Crippen LogP contribution in [0, 0.1) is 12.3 Å². The van der Waals surface area contributed by atoms with Gasteiger partial charge in [0.25, 0.3) is 0 Å². The van der Waals surface area contributed by atoms with Crippen LogP contribution in [-0.4, -0.2) is 15.6 Å². The molecule has 0 aliphatic rings. The van der Waals surface area contributed by atoms with Crippen LogP contribution in [0.2, 0.25) is 0 Å². The molecule has 0 amide bonds.